The lowest BCUT2D eigenvalue weighted by Crippen LogP contribution is -2.20. The van der Waals surface area contributed by atoms with Crippen LogP contribution in [0.2, 0.25) is 0 Å². The lowest BCUT2D eigenvalue weighted by molar-refractivity contribution is -0.116. The molecule has 0 aliphatic carbocycles. The van der Waals surface area contributed by atoms with Gasteiger partial charge in [0.25, 0.3) is 0 Å². The van der Waals surface area contributed by atoms with Crippen molar-refractivity contribution in [2.24, 2.45) is 11.7 Å². The summed E-state index contributed by atoms with van der Waals surface area (Å²) >= 11 is 0. The van der Waals surface area contributed by atoms with Gasteiger partial charge in [0.2, 0.25) is 5.91 Å². The molecule has 0 aromatic heterocycles. The first kappa shape index (κ1) is 12.7. The molecule has 3 heteroatoms. The van der Waals surface area contributed by atoms with Crippen molar-refractivity contribution in [3.05, 3.63) is 29.3 Å². The average Bonchev–Trinajstić information content (AvgIpc) is 2.22. The smallest absolute Gasteiger partial charge is 0.224 e. The zero-order valence-corrected chi connectivity index (χ0v) is 10.2. The van der Waals surface area contributed by atoms with Crippen LogP contribution in [0.3, 0.4) is 0 Å². The van der Waals surface area contributed by atoms with Gasteiger partial charge in [-0.2, -0.15) is 0 Å². The Balaban J connectivity index is 2.63. The Morgan fingerprint density at radius 2 is 2.12 bits per heavy atom. The highest BCUT2D eigenvalue weighted by atomic mass is 16.1. The van der Waals surface area contributed by atoms with E-state index in [4.69, 9.17) is 5.73 Å². The molecule has 0 aliphatic rings. The number of benzene rings is 1. The highest BCUT2D eigenvalue weighted by Crippen LogP contribution is 2.16. The van der Waals surface area contributed by atoms with Crippen LogP contribution in [0.25, 0.3) is 0 Å². The topological polar surface area (TPSA) is 55.1 Å². The van der Waals surface area contributed by atoms with Crippen molar-refractivity contribution in [1.82, 2.24) is 0 Å². The number of anilines is 1. The van der Waals surface area contributed by atoms with Crippen LogP contribution < -0.4 is 11.1 Å². The molecule has 3 N–H and O–H groups in total. The molecular formula is C13H20N2O. The highest BCUT2D eigenvalue weighted by molar-refractivity contribution is 5.91. The zero-order valence-electron chi connectivity index (χ0n) is 10.2. The van der Waals surface area contributed by atoms with E-state index >= 15 is 0 Å². The van der Waals surface area contributed by atoms with E-state index in [1.165, 1.54) is 5.56 Å². The summed E-state index contributed by atoms with van der Waals surface area (Å²) in [5.74, 6) is 0.260. The van der Waals surface area contributed by atoms with Gasteiger partial charge in [0.05, 0.1) is 0 Å². The van der Waals surface area contributed by atoms with Crippen LogP contribution in [0.5, 0.6) is 0 Å². The molecule has 1 unspecified atom stereocenters. The lowest BCUT2D eigenvalue weighted by atomic mass is 10.1. The molecule has 0 saturated carbocycles. The maximum Gasteiger partial charge on any atom is 0.224 e. The van der Waals surface area contributed by atoms with Crippen molar-refractivity contribution in [1.29, 1.82) is 0 Å². The third kappa shape index (κ3) is 3.66. The van der Waals surface area contributed by atoms with Crippen LogP contribution in [0.4, 0.5) is 5.69 Å². The normalized spacial score (nSPS) is 12.2. The van der Waals surface area contributed by atoms with E-state index in [0.29, 0.717) is 13.0 Å². The molecule has 1 atom stereocenters. The van der Waals surface area contributed by atoms with Gasteiger partial charge in [-0.1, -0.05) is 24.6 Å². The number of amides is 1. The summed E-state index contributed by atoms with van der Waals surface area (Å²) in [6.07, 6.45) is 0.476. The fourth-order valence-electron chi connectivity index (χ4n) is 1.55. The minimum Gasteiger partial charge on any atom is -0.330 e. The first-order chi connectivity index (χ1) is 7.52. The Labute approximate surface area is 97.0 Å². The molecule has 88 valence electrons. The average molecular weight is 220 g/mol. The van der Waals surface area contributed by atoms with Crippen molar-refractivity contribution >= 4 is 11.6 Å². The molecule has 0 fully saturated rings. The van der Waals surface area contributed by atoms with Crippen molar-refractivity contribution in [2.45, 2.75) is 27.2 Å². The predicted octanol–water partition coefficient (Wildman–Crippen LogP) is 2.23. The van der Waals surface area contributed by atoms with Gasteiger partial charge >= 0.3 is 0 Å². The molecule has 0 aliphatic heterocycles. The van der Waals surface area contributed by atoms with Crippen LogP contribution in [0.15, 0.2) is 18.2 Å². The second kappa shape index (κ2) is 5.66. The number of carbonyl (C=O) groups is 1. The van der Waals surface area contributed by atoms with Crippen LogP contribution in [-0.2, 0) is 4.79 Å². The van der Waals surface area contributed by atoms with Crippen LogP contribution >= 0.6 is 0 Å². The van der Waals surface area contributed by atoms with E-state index in [0.717, 1.165) is 11.3 Å². The predicted molar refractivity (Wildman–Crippen MR) is 67.4 cm³/mol. The summed E-state index contributed by atoms with van der Waals surface area (Å²) in [6, 6.07) is 5.99. The van der Waals surface area contributed by atoms with Gasteiger partial charge in [-0.3, -0.25) is 4.79 Å². The SMILES string of the molecule is Cc1ccc(NC(=O)CC(C)CN)c(C)c1. The van der Waals surface area contributed by atoms with Crippen molar-refractivity contribution in [2.75, 3.05) is 11.9 Å². The number of carbonyl (C=O) groups excluding carboxylic acids is 1. The van der Waals surface area contributed by atoms with E-state index < -0.39 is 0 Å². The first-order valence-electron chi connectivity index (χ1n) is 5.60. The number of nitrogens with one attached hydrogen (secondary N) is 1. The molecule has 0 heterocycles. The monoisotopic (exact) mass is 220 g/mol. The van der Waals surface area contributed by atoms with Gasteiger partial charge < -0.3 is 11.1 Å². The maximum absolute atomic E-state index is 11.7. The molecule has 0 saturated heterocycles. The number of rotatable bonds is 4. The molecule has 3 nitrogen and oxygen atoms in total. The molecule has 16 heavy (non-hydrogen) atoms. The Kier molecular flexibility index (Phi) is 4.50. The molecular weight excluding hydrogens is 200 g/mol. The minimum atomic E-state index is 0.0323. The van der Waals surface area contributed by atoms with E-state index in [1.807, 2.05) is 32.9 Å². The summed E-state index contributed by atoms with van der Waals surface area (Å²) in [6.45, 7) is 6.55. The maximum atomic E-state index is 11.7. The summed E-state index contributed by atoms with van der Waals surface area (Å²) in [7, 11) is 0. The Hall–Kier alpha value is -1.35. The van der Waals surface area contributed by atoms with Gasteiger partial charge in [0, 0.05) is 12.1 Å². The summed E-state index contributed by atoms with van der Waals surface area (Å²) in [5.41, 5.74) is 8.66. The van der Waals surface area contributed by atoms with Gasteiger partial charge in [-0.25, -0.2) is 0 Å². The largest absolute Gasteiger partial charge is 0.330 e. The van der Waals surface area contributed by atoms with E-state index in [9.17, 15) is 4.79 Å². The fourth-order valence-corrected chi connectivity index (χ4v) is 1.55. The Morgan fingerprint density at radius 3 is 2.69 bits per heavy atom. The molecule has 0 bridgehead atoms. The van der Waals surface area contributed by atoms with E-state index in [-0.39, 0.29) is 11.8 Å². The van der Waals surface area contributed by atoms with Crippen molar-refractivity contribution in [3.63, 3.8) is 0 Å². The van der Waals surface area contributed by atoms with Gasteiger partial charge in [0.1, 0.15) is 0 Å². The van der Waals surface area contributed by atoms with Gasteiger partial charge in [-0.15, -0.1) is 0 Å². The van der Waals surface area contributed by atoms with Crippen LogP contribution in [0.1, 0.15) is 24.5 Å². The molecule has 0 spiro atoms. The Bertz CT molecular complexity index is 374. The second-order valence-corrected chi connectivity index (χ2v) is 4.41. The molecule has 1 aromatic rings. The summed E-state index contributed by atoms with van der Waals surface area (Å²) in [4.78, 5) is 11.7. The Morgan fingerprint density at radius 1 is 1.44 bits per heavy atom. The number of nitrogens with two attached hydrogens (primary N) is 1. The quantitative estimate of drug-likeness (QED) is 0.817. The summed E-state index contributed by atoms with van der Waals surface area (Å²) in [5, 5.41) is 2.91. The summed E-state index contributed by atoms with van der Waals surface area (Å²) < 4.78 is 0. The van der Waals surface area contributed by atoms with E-state index in [2.05, 4.69) is 11.4 Å². The number of hydrogen-bond acceptors (Lipinski definition) is 2. The third-order valence-electron chi connectivity index (χ3n) is 2.59. The molecule has 1 amide bonds. The van der Waals surface area contributed by atoms with E-state index in [1.54, 1.807) is 0 Å². The molecule has 1 aromatic carbocycles. The first-order valence-corrected chi connectivity index (χ1v) is 5.60. The van der Waals surface area contributed by atoms with Crippen LogP contribution in [0, 0.1) is 19.8 Å². The molecule has 1 rings (SSSR count). The number of aryl methyl sites for hydroxylation is 2. The zero-order chi connectivity index (χ0) is 12.1. The van der Waals surface area contributed by atoms with Crippen molar-refractivity contribution in [3.8, 4) is 0 Å². The van der Waals surface area contributed by atoms with Gasteiger partial charge in [0.15, 0.2) is 0 Å². The number of hydrogen-bond donors (Lipinski definition) is 2. The van der Waals surface area contributed by atoms with Crippen LogP contribution in [-0.4, -0.2) is 12.5 Å². The van der Waals surface area contributed by atoms with Crippen molar-refractivity contribution < 1.29 is 4.79 Å². The standard InChI is InChI=1S/C13H20N2O/c1-9-4-5-12(11(3)6-9)15-13(16)7-10(2)8-14/h4-6,10H,7-8,14H2,1-3H3,(H,15,16). The lowest BCUT2D eigenvalue weighted by Gasteiger charge is -2.11. The minimum absolute atomic E-state index is 0.0323. The fraction of sp³-hybridized carbons (Fsp3) is 0.462. The highest BCUT2D eigenvalue weighted by Gasteiger charge is 2.08. The van der Waals surface area contributed by atoms with Gasteiger partial charge in [-0.05, 0) is 37.9 Å². The molecule has 0 radical (unpaired) electrons. The third-order valence-corrected chi connectivity index (χ3v) is 2.59. The second-order valence-electron chi connectivity index (χ2n) is 4.41.